The molecule has 0 unspecified atom stereocenters. The standard InChI is InChI=1S/C19H14N4O4/c24-17(13-10-20-14-4-2-1-3-12(13)14)21-19-23-22-18(27-19)11-5-6-15-16(9-11)26-8-7-25-15/h1-6,9-10,20H,7-8H2,(H,21,23,24). The molecule has 27 heavy (non-hydrogen) atoms. The summed E-state index contributed by atoms with van der Waals surface area (Å²) in [6.07, 6.45) is 1.65. The molecule has 2 aromatic heterocycles. The van der Waals surface area contributed by atoms with Gasteiger partial charge in [-0.25, -0.2) is 0 Å². The van der Waals surface area contributed by atoms with Crippen molar-refractivity contribution in [2.75, 3.05) is 18.5 Å². The first-order chi connectivity index (χ1) is 13.3. The van der Waals surface area contributed by atoms with E-state index < -0.39 is 0 Å². The molecule has 1 amide bonds. The van der Waals surface area contributed by atoms with Crippen LogP contribution >= 0.6 is 0 Å². The van der Waals surface area contributed by atoms with E-state index in [4.69, 9.17) is 13.9 Å². The molecule has 5 rings (SSSR count). The first kappa shape index (κ1) is 15.4. The van der Waals surface area contributed by atoms with E-state index in [0.29, 0.717) is 35.8 Å². The number of para-hydroxylation sites is 1. The summed E-state index contributed by atoms with van der Waals surface area (Å²) in [5.41, 5.74) is 2.06. The third kappa shape index (κ3) is 2.77. The third-order valence-corrected chi connectivity index (χ3v) is 4.27. The minimum Gasteiger partial charge on any atom is -0.486 e. The summed E-state index contributed by atoms with van der Waals surface area (Å²) in [7, 11) is 0. The maximum Gasteiger partial charge on any atom is 0.322 e. The molecule has 0 saturated carbocycles. The van der Waals surface area contributed by atoms with Crippen LogP contribution in [0.3, 0.4) is 0 Å². The van der Waals surface area contributed by atoms with E-state index in [1.54, 1.807) is 24.4 Å². The van der Waals surface area contributed by atoms with Gasteiger partial charge in [0.25, 0.3) is 5.91 Å². The van der Waals surface area contributed by atoms with Gasteiger partial charge in [0, 0.05) is 22.7 Å². The lowest BCUT2D eigenvalue weighted by molar-refractivity contribution is 0.102. The summed E-state index contributed by atoms with van der Waals surface area (Å²) >= 11 is 0. The summed E-state index contributed by atoms with van der Waals surface area (Å²) in [5.74, 6) is 1.25. The molecular formula is C19H14N4O4. The van der Waals surface area contributed by atoms with Crippen LogP contribution in [0.4, 0.5) is 6.01 Å². The summed E-state index contributed by atoms with van der Waals surface area (Å²) < 4.78 is 16.6. The fourth-order valence-electron chi connectivity index (χ4n) is 2.99. The van der Waals surface area contributed by atoms with Crippen molar-refractivity contribution in [3.8, 4) is 23.0 Å². The first-order valence-corrected chi connectivity index (χ1v) is 8.39. The van der Waals surface area contributed by atoms with Crippen LogP contribution in [-0.4, -0.2) is 34.3 Å². The number of anilines is 1. The van der Waals surface area contributed by atoms with Crippen molar-refractivity contribution < 1.29 is 18.7 Å². The van der Waals surface area contributed by atoms with Crippen LogP contribution in [-0.2, 0) is 0 Å². The molecular weight excluding hydrogens is 348 g/mol. The van der Waals surface area contributed by atoms with Gasteiger partial charge in [0.2, 0.25) is 5.89 Å². The van der Waals surface area contributed by atoms with Gasteiger partial charge in [-0.05, 0) is 24.3 Å². The molecule has 8 nitrogen and oxygen atoms in total. The van der Waals surface area contributed by atoms with Crippen LogP contribution in [0, 0.1) is 0 Å². The van der Waals surface area contributed by atoms with Crippen LogP contribution < -0.4 is 14.8 Å². The Balaban J connectivity index is 1.38. The number of nitrogens with zero attached hydrogens (tertiary/aromatic N) is 2. The lowest BCUT2D eigenvalue weighted by atomic mass is 10.2. The van der Waals surface area contributed by atoms with Gasteiger partial charge in [0.1, 0.15) is 13.2 Å². The zero-order valence-electron chi connectivity index (χ0n) is 14.1. The molecule has 0 aliphatic carbocycles. The highest BCUT2D eigenvalue weighted by molar-refractivity contribution is 6.12. The van der Waals surface area contributed by atoms with Crippen molar-refractivity contribution in [2.24, 2.45) is 0 Å². The third-order valence-electron chi connectivity index (χ3n) is 4.27. The summed E-state index contributed by atoms with van der Waals surface area (Å²) in [6.45, 7) is 1.02. The predicted octanol–water partition coefficient (Wildman–Crippen LogP) is 3.24. The lowest BCUT2D eigenvalue weighted by Gasteiger charge is -2.18. The number of ether oxygens (including phenoxy) is 2. The molecule has 1 aliphatic heterocycles. The SMILES string of the molecule is O=C(Nc1nnc(-c2ccc3c(c2)OCCO3)o1)c1c[nH]c2ccccc12. The molecule has 0 spiro atoms. The van der Waals surface area contributed by atoms with Gasteiger partial charge in [-0.15, -0.1) is 5.10 Å². The second-order valence-electron chi connectivity index (χ2n) is 5.97. The molecule has 134 valence electrons. The quantitative estimate of drug-likeness (QED) is 0.580. The number of amides is 1. The number of aromatic nitrogens is 3. The second kappa shape index (κ2) is 6.17. The van der Waals surface area contributed by atoms with Crippen LogP contribution in [0.25, 0.3) is 22.4 Å². The maximum absolute atomic E-state index is 12.5. The Kier molecular flexibility index (Phi) is 3.53. The average molecular weight is 362 g/mol. The number of fused-ring (bicyclic) bond motifs is 2. The Morgan fingerprint density at radius 3 is 2.81 bits per heavy atom. The first-order valence-electron chi connectivity index (χ1n) is 8.39. The van der Waals surface area contributed by atoms with E-state index in [1.807, 2.05) is 24.3 Å². The molecule has 0 saturated heterocycles. The van der Waals surface area contributed by atoms with Gasteiger partial charge in [0.15, 0.2) is 11.5 Å². The zero-order chi connectivity index (χ0) is 18.2. The fourth-order valence-corrected chi connectivity index (χ4v) is 2.99. The van der Waals surface area contributed by atoms with Gasteiger partial charge >= 0.3 is 6.01 Å². The molecule has 1 aliphatic rings. The fraction of sp³-hybridized carbons (Fsp3) is 0.105. The van der Waals surface area contributed by atoms with Crippen molar-refractivity contribution >= 4 is 22.8 Å². The van der Waals surface area contributed by atoms with Crippen LogP contribution in [0.2, 0.25) is 0 Å². The van der Waals surface area contributed by atoms with Gasteiger partial charge in [-0.3, -0.25) is 10.1 Å². The Labute approximate surface area is 153 Å². The zero-order valence-corrected chi connectivity index (χ0v) is 14.1. The normalized spacial score (nSPS) is 12.9. The summed E-state index contributed by atoms with van der Waals surface area (Å²) in [4.78, 5) is 15.6. The van der Waals surface area contributed by atoms with Crippen LogP contribution in [0.15, 0.2) is 53.1 Å². The Bertz CT molecular complexity index is 1150. The average Bonchev–Trinajstić information content (AvgIpc) is 3.34. The smallest absolute Gasteiger partial charge is 0.322 e. The number of carbonyl (C=O) groups excluding carboxylic acids is 1. The van der Waals surface area contributed by atoms with Gasteiger partial charge in [0.05, 0.1) is 5.56 Å². The Morgan fingerprint density at radius 2 is 1.89 bits per heavy atom. The Hall–Kier alpha value is -3.81. The molecule has 2 N–H and O–H groups in total. The second-order valence-corrected chi connectivity index (χ2v) is 5.97. The molecule has 3 heterocycles. The van der Waals surface area contributed by atoms with E-state index in [0.717, 1.165) is 10.9 Å². The highest BCUT2D eigenvalue weighted by atomic mass is 16.6. The minimum atomic E-state index is -0.329. The van der Waals surface area contributed by atoms with Crippen molar-refractivity contribution in [1.82, 2.24) is 15.2 Å². The molecule has 8 heteroatoms. The number of rotatable bonds is 3. The number of aromatic amines is 1. The predicted molar refractivity (Wildman–Crippen MR) is 97.0 cm³/mol. The number of benzene rings is 2. The Morgan fingerprint density at radius 1 is 1.04 bits per heavy atom. The highest BCUT2D eigenvalue weighted by Crippen LogP contribution is 2.34. The number of carbonyl (C=O) groups is 1. The summed E-state index contributed by atoms with van der Waals surface area (Å²) in [5, 5.41) is 11.4. The largest absolute Gasteiger partial charge is 0.486 e. The molecule has 0 radical (unpaired) electrons. The van der Waals surface area contributed by atoms with Gasteiger partial charge in [-0.2, -0.15) is 0 Å². The summed E-state index contributed by atoms with van der Waals surface area (Å²) in [6, 6.07) is 12.9. The number of hydrogen-bond donors (Lipinski definition) is 2. The van der Waals surface area contributed by atoms with Gasteiger partial charge < -0.3 is 18.9 Å². The van der Waals surface area contributed by atoms with Crippen molar-refractivity contribution in [1.29, 1.82) is 0 Å². The van der Waals surface area contributed by atoms with Crippen LogP contribution in [0.5, 0.6) is 11.5 Å². The number of nitrogens with one attached hydrogen (secondary N) is 2. The molecule has 0 bridgehead atoms. The van der Waals surface area contributed by atoms with E-state index >= 15 is 0 Å². The van der Waals surface area contributed by atoms with Gasteiger partial charge in [-0.1, -0.05) is 23.3 Å². The van der Waals surface area contributed by atoms with E-state index in [9.17, 15) is 4.79 Å². The van der Waals surface area contributed by atoms with Crippen LogP contribution in [0.1, 0.15) is 10.4 Å². The molecule has 0 atom stereocenters. The molecule has 4 aromatic rings. The topological polar surface area (TPSA) is 102 Å². The van der Waals surface area contributed by atoms with Crippen molar-refractivity contribution in [3.05, 3.63) is 54.2 Å². The van der Waals surface area contributed by atoms with E-state index in [2.05, 4.69) is 20.5 Å². The maximum atomic E-state index is 12.5. The lowest BCUT2D eigenvalue weighted by Crippen LogP contribution is -2.15. The number of hydrogen-bond acceptors (Lipinski definition) is 6. The van der Waals surface area contributed by atoms with E-state index in [-0.39, 0.29) is 17.8 Å². The number of H-pyrrole nitrogens is 1. The highest BCUT2D eigenvalue weighted by Gasteiger charge is 2.18. The monoisotopic (exact) mass is 362 g/mol. The molecule has 0 fully saturated rings. The van der Waals surface area contributed by atoms with Crippen molar-refractivity contribution in [3.63, 3.8) is 0 Å². The van der Waals surface area contributed by atoms with Crippen molar-refractivity contribution in [2.45, 2.75) is 0 Å². The minimum absolute atomic E-state index is 0.0233. The molecule has 2 aromatic carbocycles. The van der Waals surface area contributed by atoms with E-state index in [1.165, 1.54) is 0 Å².